The van der Waals surface area contributed by atoms with Gasteiger partial charge in [0.2, 0.25) is 0 Å². The molecular weight excluding hydrogens is 234 g/mol. The Hall–Kier alpha value is -0.970. The Balaban J connectivity index is 2.34. The minimum Gasteiger partial charge on any atom is -0.383 e. The van der Waals surface area contributed by atoms with Crippen LogP contribution in [0.1, 0.15) is 55.7 Å². The first-order valence-electron chi connectivity index (χ1n) is 6.10. The van der Waals surface area contributed by atoms with Crippen LogP contribution in [0.4, 0.5) is 5.82 Å². The van der Waals surface area contributed by atoms with Crippen molar-refractivity contribution >= 4 is 17.6 Å². The van der Waals surface area contributed by atoms with Crippen LogP contribution in [0, 0.1) is 0 Å². The van der Waals surface area contributed by atoms with E-state index in [0.29, 0.717) is 16.6 Å². The molecule has 0 spiro atoms. The van der Waals surface area contributed by atoms with Gasteiger partial charge in [-0.05, 0) is 24.5 Å². The first-order valence-corrected chi connectivity index (χ1v) is 7.15. The van der Waals surface area contributed by atoms with Crippen molar-refractivity contribution in [3.63, 3.8) is 0 Å². The number of thioether (sulfide) groups is 1. The highest BCUT2D eigenvalue weighted by Gasteiger charge is 2.21. The van der Waals surface area contributed by atoms with E-state index >= 15 is 0 Å². The topological polar surface area (TPSA) is 71.8 Å². The molecule has 0 bridgehead atoms. The van der Waals surface area contributed by atoms with Crippen LogP contribution in [-0.2, 0) is 0 Å². The summed E-state index contributed by atoms with van der Waals surface area (Å²) in [5, 5.41) is 0.306. The summed E-state index contributed by atoms with van der Waals surface area (Å²) in [7, 11) is 0. The number of H-pyrrole nitrogens is 1. The van der Waals surface area contributed by atoms with Gasteiger partial charge in [-0.15, -0.1) is 0 Å². The lowest BCUT2D eigenvalue weighted by Crippen LogP contribution is -2.22. The first kappa shape index (κ1) is 12.5. The molecule has 2 heterocycles. The lowest BCUT2D eigenvalue weighted by atomic mass is 10.1. The number of nitrogen functional groups attached to an aromatic ring is 1. The van der Waals surface area contributed by atoms with Gasteiger partial charge in [-0.1, -0.05) is 20.3 Å². The Morgan fingerprint density at radius 3 is 2.76 bits per heavy atom. The lowest BCUT2D eigenvalue weighted by Gasteiger charge is -2.21. The third kappa shape index (κ3) is 2.65. The number of anilines is 1. The van der Waals surface area contributed by atoms with Crippen LogP contribution in [-0.4, -0.2) is 15.7 Å². The highest BCUT2D eigenvalue weighted by Crippen LogP contribution is 2.36. The number of hydrogen-bond acceptors (Lipinski definition) is 4. The maximum absolute atomic E-state index is 12.0. The Morgan fingerprint density at radius 1 is 1.47 bits per heavy atom. The van der Waals surface area contributed by atoms with Crippen LogP contribution in [0.25, 0.3) is 0 Å². The average Bonchev–Trinajstić information content (AvgIpc) is 2.28. The predicted octanol–water partition coefficient (Wildman–Crippen LogP) is 2.43. The smallest absolute Gasteiger partial charge is 0.256 e. The van der Waals surface area contributed by atoms with Gasteiger partial charge in [0.25, 0.3) is 5.56 Å². The van der Waals surface area contributed by atoms with E-state index in [2.05, 4.69) is 9.97 Å². The fourth-order valence-electron chi connectivity index (χ4n) is 2.18. The van der Waals surface area contributed by atoms with E-state index in [-0.39, 0.29) is 11.5 Å². The van der Waals surface area contributed by atoms with Gasteiger partial charge in [0.15, 0.2) is 0 Å². The Bertz CT molecular complexity index is 450. The molecule has 3 N–H and O–H groups in total. The van der Waals surface area contributed by atoms with Crippen molar-refractivity contribution in [1.29, 1.82) is 0 Å². The van der Waals surface area contributed by atoms with Crippen molar-refractivity contribution in [2.24, 2.45) is 0 Å². The maximum Gasteiger partial charge on any atom is 0.256 e. The fraction of sp³-hybridized carbons (Fsp3) is 0.667. The average molecular weight is 253 g/mol. The van der Waals surface area contributed by atoms with Crippen molar-refractivity contribution in [2.75, 3.05) is 11.5 Å². The van der Waals surface area contributed by atoms with Gasteiger partial charge in [-0.25, -0.2) is 4.98 Å². The number of nitrogens with two attached hydrogens (primary N) is 1. The van der Waals surface area contributed by atoms with E-state index in [1.54, 1.807) is 0 Å². The predicted molar refractivity (Wildman–Crippen MR) is 72.4 cm³/mol. The van der Waals surface area contributed by atoms with Crippen LogP contribution in [0.2, 0.25) is 0 Å². The summed E-state index contributed by atoms with van der Waals surface area (Å²) in [6.07, 6.45) is 3.53. The van der Waals surface area contributed by atoms with Gasteiger partial charge in [-0.3, -0.25) is 4.79 Å². The summed E-state index contributed by atoms with van der Waals surface area (Å²) in [4.78, 5) is 19.2. The molecule has 94 valence electrons. The molecule has 5 heteroatoms. The lowest BCUT2D eigenvalue weighted by molar-refractivity contribution is 0.657. The summed E-state index contributed by atoms with van der Waals surface area (Å²) in [5.74, 6) is 2.39. The minimum atomic E-state index is -0.0753. The zero-order valence-electron chi connectivity index (χ0n) is 10.3. The van der Waals surface area contributed by atoms with Crippen LogP contribution in [0.3, 0.4) is 0 Å². The number of aromatic amines is 1. The second kappa shape index (κ2) is 5.12. The summed E-state index contributed by atoms with van der Waals surface area (Å²) >= 11 is 1.86. The number of hydrogen-bond donors (Lipinski definition) is 2. The molecule has 2 rings (SSSR count). The van der Waals surface area contributed by atoms with Crippen LogP contribution in [0.15, 0.2) is 4.79 Å². The molecule has 1 saturated heterocycles. The Labute approximate surface area is 105 Å². The summed E-state index contributed by atoms with van der Waals surface area (Å²) in [6.45, 7) is 3.91. The van der Waals surface area contributed by atoms with Gasteiger partial charge in [0, 0.05) is 0 Å². The minimum absolute atomic E-state index is 0.0753. The largest absolute Gasteiger partial charge is 0.383 e. The number of nitrogens with zero attached hydrogens (tertiary/aromatic N) is 1. The van der Waals surface area contributed by atoms with Crippen molar-refractivity contribution in [3.05, 3.63) is 21.7 Å². The molecule has 0 aromatic carbocycles. The Morgan fingerprint density at radius 2 is 2.24 bits per heavy atom. The number of rotatable bonds is 2. The molecule has 1 aromatic rings. The molecule has 0 amide bonds. The van der Waals surface area contributed by atoms with Gasteiger partial charge in [0.1, 0.15) is 11.6 Å². The number of nitrogens with one attached hydrogen (secondary N) is 1. The van der Waals surface area contributed by atoms with Crippen molar-refractivity contribution in [3.8, 4) is 0 Å². The monoisotopic (exact) mass is 253 g/mol. The van der Waals surface area contributed by atoms with Crippen molar-refractivity contribution < 1.29 is 0 Å². The molecular formula is C12H19N3OS. The van der Waals surface area contributed by atoms with E-state index in [1.165, 1.54) is 12.8 Å². The molecule has 4 nitrogen and oxygen atoms in total. The third-order valence-electron chi connectivity index (χ3n) is 3.07. The Kier molecular flexibility index (Phi) is 3.76. The van der Waals surface area contributed by atoms with Crippen LogP contribution in [0.5, 0.6) is 0 Å². The molecule has 0 saturated carbocycles. The molecule has 1 fully saturated rings. The maximum atomic E-state index is 12.0. The zero-order chi connectivity index (χ0) is 12.4. The van der Waals surface area contributed by atoms with Gasteiger partial charge < -0.3 is 10.7 Å². The summed E-state index contributed by atoms with van der Waals surface area (Å²) < 4.78 is 0. The van der Waals surface area contributed by atoms with E-state index < -0.39 is 0 Å². The molecule has 1 aliphatic heterocycles. The molecule has 0 radical (unpaired) electrons. The fourth-order valence-corrected chi connectivity index (χ4v) is 3.44. The first-order chi connectivity index (χ1) is 8.09. The molecule has 1 unspecified atom stereocenters. The molecule has 0 aliphatic carbocycles. The van der Waals surface area contributed by atoms with E-state index in [1.807, 2.05) is 25.6 Å². The second-order valence-electron chi connectivity index (χ2n) is 4.76. The van der Waals surface area contributed by atoms with E-state index in [0.717, 1.165) is 18.0 Å². The molecule has 1 aromatic heterocycles. The summed E-state index contributed by atoms with van der Waals surface area (Å²) in [5.41, 5.74) is 6.42. The molecule has 17 heavy (non-hydrogen) atoms. The quantitative estimate of drug-likeness (QED) is 0.849. The SMILES string of the molecule is CC(C)c1c(N)nc(C2CCCCS2)[nH]c1=O. The zero-order valence-corrected chi connectivity index (χ0v) is 11.1. The van der Waals surface area contributed by atoms with Crippen molar-refractivity contribution in [2.45, 2.75) is 44.3 Å². The summed E-state index contributed by atoms with van der Waals surface area (Å²) in [6, 6.07) is 0. The third-order valence-corrected chi connectivity index (χ3v) is 4.45. The highest BCUT2D eigenvalue weighted by atomic mass is 32.2. The molecule has 1 atom stereocenters. The normalized spacial score (nSPS) is 20.8. The van der Waals surface area contributed by atoms with Crippen LogP contribution >= 0.6 is 11.8 Å². The number of aromatic nitrogens is 2. The standard InChI is InChI=1S/C12H19N3OS/c1-7(2)9-10(13)14-11(15-12(9)16)8-5-3-4-6-17-8/h7-8H,3-6H2,1-2H3,(H3,13,14,15,16). The van der Waals surface area contributed by atoms with E-state index in [4.69, 9.17) is 5.73 Å². The van der Waals surface area contributed by atoms with Gasteiger partial charge in [0.05, 0.1) is 10.8 Å². The van der Waals surface area contributed by atoms with E-state index in [9.17, 15) is 4.79 Å². The highest BCUT2D eigenvalue weighted by molar-refractivity contribution is 7.99. The molecule has 1 aliphatic rings. The van der Waals surface area contributed by atoms with Gasteiger partial charge >= 0.3 is 0 Å². The van der Waals surface area contributed by atoms with Gasteiger partial charge in [-0.2, -0.15) is 11.8 Å². The van der Waals surface area contributed by atoms with Crippen molar-refractivity contribution in [1.82, 2.24) is 9.97 Å². The second-order valence-corrected chi connectivity index (χ2v) is 6.07. The van der Waals surface area contributed by atoms with Crippen LogP contribution < -0.4 is 11.3 Å².